The van der Waals surface area contributed by atoms with E-state index in [1.807, 2.05) is 0 Å². The maximum absolute atomic E-state index is 10.6. The summed E-state index contributed by atoms with van der Waals surface area (Å²) in [6.45, 7) is 23.4. The van der Waals surface area contributed by atoms with Crippen LogP contribution in [0.15, 0.2) is 0 Å². The zero-order chi connectivity index (χ0) is 51.3. The topological polar surface area (TPSA) is 53.4 Å². The Bertz CT molecular complexity index is 1000. The molecule has 0 aromatic heterocycles. The highest BCUT2D eigenvalue weighted by molar-refractivity contribution is 7.99. The molecule has 1 saturated heterocycles. The summed E-state index contributed by atoms with van der Waals surface area (Å²) in [4.78, 5) is 10.6. The first-order chi connectivity index (χ1) is 35.0. The van der Waals surface area contributed by atoms with Gasteiger partial charge >= 0.3 is 0 Å². The predicted molar refractivity (Wildman–Crippen MR) is 324 cm³/mol. The molecule has 3 atom stereocenters. The van der Waals surface area contributed by atoms with Crippen molar-refractivity contribution >= 4 is 23.5 Å². The van der Waals surface area contributed by atoms with Crippen LogP contribution in [-0.2, 0) is 0 Å². The fraction of sp³-hybridized carbons (Fsp3) is 1.00. The van der Waals surface area contributed by atoms with Gasteiger partial charge in [-0.05, 0) is 51.2 Å². The Hall–Kier alpha value is 0.460. The molecule has 2 N–H and O–H groups in total. The second-order valence-electron chi connectivity index (χ2n) is 22.9. The molecule has 0 saturated carbocycles. The molecule has 1 aliphatic heterocycles. The van der Waals surface area contributed by atoms with Gasteiger partial charge in [0.15, 0.2) is 0 Å². The summed E-state index contributed by atoms with van der Waals surface area (Å²) in [5.41, 5.74) is 0. The third kappa shape index (κ3) is 44.2. The van der Waals surface area contributed by atoms with Crippen LogP contribution in [0.25, 0.3) is 0 Å². The molecule has 6 nitrogen and oxygen atoms in total. The van der Waals surface area contributed by atoms with Crippen LogP contribution in [0.2, 0.25) is 0 Å². The van der Waals surface area contributed by atoms with Gasteiger partial charge in [0.25, 0.3) is 0 Å². The molecule has 1 fully saturated rings. The van der Waals surface area contributed by atoms with E-state index in [0.717, 1.165) is 43.6 Å². The molecular weight excluding hydrogens is 909 g/mol. The summed E-state index contributed by atoms with van der Waals surface area (Å²) in [7, 11) is 0. The predicted octanol–water partition coefficient (Wildman–Crippen LogP) is 17.3. The highest BCUT2D eigenvalue weighted by atomic mass is 32.2. The average Bonchev–Trinajstić information content (AvgIpc) is 3.38. The van der Waals surface area contributed by atoms with Crippen molar-refractivity contribution in [2.45, 2.75) is 297 Å². The van der Waals surface area contributed by atoms with Crippen LogP contribution in [0.5, 0.6) is 0 Å². The molecule has 0 spiro atoms. The monoisotopic (exact) mass is 1040 g/mol. The molecule has 0 aromatic carbocycles. The molecule has 0 bridgehead atoms. The second-order valence-corrected chi connectivity index (χ2v) is 25.4. The molecule has 8 heteroatoms. The Morgan fingerprint density at radius 1 is 0.366 bits per heavy atom. The van der Waals surface area contributed by atoms with E-state index in [-0.39, 0.29) is 25.3 Å². The van der Waals surface area contributed by atoms with Crippen molar-refractivity contribution in [3.8, 4) is 0 Å². The van der Waals surface area contributed by atoms with E-state index in [0.29, 0.717) is 0 Å². The van der Waals surface area contributed by atoms with Gasteiger partial charge in [0.2, 0.25) is 0 Å². The first-order valence-electron chi connectivity index (χ1n) is 32.3. The Labute approximate surface area is 455 Å². The zero-order valence-electron chi connectivity index (χ0n) is 49.1. The third-order valence-electron chi connectivity index (χ3n) is 16.1. The van der Waals surface area contributed by atoms with E-state index in [2.05, 4.69) is 77.7 Å². The Kier molecular flexibility index (Phi) is 54.0. The number of thioether (sulfide) groups is 2. The van der Waals surface area contributed by atoms with E-state index in [1.54, 1.807) is 0 Å². The lowest BCUT2D eigenvalue weighted by molar-refractivity contribution is -0.00848. The number of rotatable bonds is 58. The molecule has 1 rings (SSSR count). The lowest BCUT2D eigenvalue weighted by Crippen LogP contribution is -2.61. The van der Waals surface area contributed by atoms with Gasteiger partial charge in [0.1, 0.15) is 0 Å². The van der Waals surface area contributed by atoms with E-state index in [1.165, 1.54) is 301 Å². The minimum Gasteiger partial charge on any atom is -0.395 e. The zero-order valence-corrected chi connectivity index (χ0v) is 50.8. The van der Waals surface area contributed by atoms with Crippen LogP contribution in [-0.4, -0.2) is 144 Å². The molecule has 3 unspecified atom stereocenters. The van der Waals surface area contributed by atoms with Crippen LogP contribution in [0.1, 0.15) is 285 Å². The number of unbranched alkanes of at least 4 members (excludes halogenated alkanes) is 34. The maximum Gasteiger partial charge on any atom is 0.0599 e. The first kappa shape index (κ1) is 69.5. The van der Waals surface area contributed by atoms with Gasteiger partial charge in [-0.1, -0.05) is 259 Å². The van der Waals surface area contributed by atoms with Gasteiger partial charge in [-0.25, -0.2) is 0 Å². The molecule has 1 aliphatic rings. The van der Waals surface area contributed by atoms with Gasteiger partial charge in [-0.2, -0.15) is 23.5 Å². The van der Waals surface area contributed by atoms with Gasteiger partial charge in [0, 0.05) is 80.9 Å². The van der Waals surface area contributed by atoms with E-state index in [9.17, 15) is 10.2 Å². The van der Waals surface area contributed by atoms with Crippen molar-refractivity contribution in [1.29, 1.82) is 0 Å². The quantitative estimate of drug-likeness (QED) is 0.0585. The number of piperazine rings is 1. The Morgan fingerprint density at radius 2 is 0.648 bits per heavy atom. The molecule has 0 aliphatic carbocycles. The summed E-state index contributed by atoms with van der Waals surface area (Å²) in [5, 5.41) is 21.2. The lowest BCUT2D eigenvalue weighted by Gasteiger charge is -2.45. The molecule has 426 valence electrons. The Morgan fingerprint density at radius 3 is 0.972 bits per heavy atom. The van der Waals surface area contributed by atoms with Crippen molar-refractivity contribution in [1.82, 2.24) is 19.6 Å². The summed E-state index contributed by atoms with van der Waals surface area (Å²) in [6.07, 6.45) is 55.0. The van der Waals surface area contributed by atoms with Crippen LogP contribution in [0.3, 0.4) is 0 Å². The molecule has 0 amide bonds. The van der Waals surface area contributed by atoms with E-state index in [4.69, 9.17) is 0 Å². The highest BCUT2D eigenvalue weighted by Crippen LogP contribution is 2.21. The summed E-state index contributed by atoms with van der Waals surface area (Å²) < 4.78 is 0. The average molecular weight is 1040 g/mol. The van der Waals surface area contributed by atoms with Crippen molar-refractivity contribution < 1.29 is 10.2 Å². The number of hydrogen-bond donors (Lipinski definition) is 2. The van der Waals surface area contributed by atoms with Crippen LogP contribution >= 0.6 is 23.5 Å². The van der Waals surface area contributed by atoms with E-state index < -0.39 is 0 Å². The lowest BCUT2D eigenvalue weighted by atomic mass is 10.0. The summed E-state index contributed by atoms with van der Waals surface area (Å²) in [6, 6.07) is 0.345. The normalized spacial score (nSPS) is 16.4. The standard InChI is InChI=1S/C63H130N4O2S2/c1-6-10-14-18-22-26-29-33-37-41-45-64(46-42-38-34-30-27-23-19-15-11-7-2)48-52-70-54-50-66-57-63(60-69)67(58-62(66)59-68)51-55-71-53-49-65(47-43-39-35-31-28-24-20-16-12-8-3)56-61(5)44-40-36-32-25-21-17-13-9-4/h61-63,68-69H,6-60H2,1-5H3. The number of aliphatic hydroxyl groups excluding tert-OH is 2. The second kappa shape index (κ2) is 55.2. The first-order valence-corrected chi connectivity index (χ1v) is 34.6. The van der Waals surface area contributed by atoms with Gasteiger partial charge in [-0.15, -0.1) is 0 Å². The fourth-order valence-corrected chi connectivity index (χ4v) is 13.1. The minimum absolute atomic E-state index is 0.172. The Balaban J connectivity index is 2.51. The van der Waals surface area contributed by atoms with Crippen LogP contribution in [0.4, 0.5) is 0 Å². The largest absolute Gasteiger partial charge is 0.395 e. The molecule has 71 heavy (non-hydrogen) atoms. The minimum atomic E-state index is 0.172. The summed E-state index contributed by atoms with van der Waals surface area (Å²) >= 11 is 4.22. The van der Waals surface area contributed by atoms with Gasteiger partial charge in [-0.3, -0.25) is 9.80 Å². The number of hydrogen-bond acceptors (Lipinski definition) is 8. The van der Waals surface area contributed by atoms with Crippen molar-refractivity contribution in [2.24, 2.45) is 5.92 Å². The smallest absolute Gasteiger partial charge is 0.0599 e. The van der Waals surface area contributed by atoms with Gasteiger partial charge < -0.3 is 20.0 Å². The van der Waals surface area contributed by atoms with Crippen molar-refractivity contribution in [2.75, 3.05) is 102 Å². The number of aliphatic hydroxyl groups is 2. The third-order valence-corrected chi connectivity index (χ3v) is 18.0. The van der Waals surface area contributed by atoms with Crippen molar-refractivity contribution in [3.05, 3.63) is 0 Å². The SMILES string of the molecule is CCCCCCCCCCCCN(CCCCCCCCCCCC)CCSCCN1CC(CO)N(CCSCCN(CCCCCCCCCCCC)CC(C)CCCCCCCCCC)CC1CO. The fourth-order valence-electron chi connectivity index (χ4n) is 11.2. The van der Waals surface area contributed by atoms with Gasteiger partial charge in [0.05, 0.1) is 13.2 Å². The van der Waals surface area contributed by atoms with Crippen molar-refractivity contribution in [3.63, 3.8) is 0 Å². The summed E-state index contributed by atoms with van der Waals surface area (Å²) in [5.74, 6) is 5.41. The van der Waals surface area contributed by atoms with Crippen LogP contribution < -0.4 is 0 Å². The van der Waals surface area contributed by atoms with E-state index >= 15 is 0 Å². The molecular formula is C63H130N4O2S2. The number of nitrogens with zero attached hydrogens (tertiary/aromatic N) is 4. The van der Waals surface area contributed by atoms with Crippen LogP contribution in [0, 0.1) is 5.92 Å². The molecule has 1 heterocycles. The highest BCUT2D eigenvalue weighted by Gasteiger charge is 2.32. The molecule has 0 aromatic rings. The molecule has 0 radical (unpaired) electrons. The maximum atomic E-state index is 10.6.